The van der Waals surface area contributed by atoms with E-state index in [2.05, 4.69) is 5.32 Å². The van der Waals surface area contributed by atoms with Crippen molar-refractivity contribution in [2.24, 2.45) is 0 Å². The second kappa shape index (κ2) is 7.78. The van der Waals surface area contributed by atoms with Crippen molar-refractivity contribution in [3.63, 3.8) is 0 Å². The Morgan fingerprint density at radius 3 is 2.57 bits per heavy atom. The van der Waals surface area contributed by atoms with E-state index in [0.717, 1.165) is 6.42 Å². The van der Waals surface area contributed by atoms with Gasteiger partial charge in [0, 0.05) is 13.0 Å². The zero-order valence-corrected chi connectivity index (χ0v) is 12.6. The highest BCUT2D eigenvalue weighted by atomic mass is 16.4. The van der Waals surface area contributed by atoms with Gasteiger partial charge in [0.2, 0.25) is 5.91 Å². The molecule has 0 aliphatic carbocycles. The summed E-state index contributed by atoms with van der Waals surface area (Å²) in [7, 11) is 0. The van der Waals surface area contributed by atoms with Gasteiger partial charge in [0.1, 0.15) is 0 Å². The molecule has 0 radical (unpaired) electrons. The number of hydrogen-bond donors (Lipinski definition) is 3. The number of aryl methyl sites for hydroxylation is 1. The van der Waals surface area contributed by atoms with Crippen molar-refractivity contribution < 1.29 is 19.8 Å². The lowest BCUT2D eigenvalue weighted by Crippen LogP contribution is -2.40. The maximum absolute atomic E-state index is 11.8. The van der Waals surface area contributed by atoms with Crippen LogP contribution in [0, 0.1) is 0 Å². The molecule has 5 heteroatoms. The SMILES string of the molecule is CCCC(C)(O)CNC(=O)CCc1ccccc1C(=O)O. The maximum Gasteiger partial charge on any atom is 0.335 e. The molecule has 0 fully saturated rings. The molecular formula is C16H23NO4. The molecule has 0 aromatic heterocycles. The van der Waals surface area contributed by atoms with Gasteiger partial charge in [-0.3, -0.25) is 4.79 Å². The van der Waals surface area contributed by atoms with Crippen LogP contribution in [0.5, 0.6) is 0 Å². The summed E-state index contributed by atoms with van der Waals surface area (Å²) in [6, 6.07) is 6.66. The molecule has 0 saturated heterocycles. The third-order valence-corrected chi connectivity index (χ3v) is 3.32. The Morgan fingerprint density at radius 1 is 1.29 bits per heavy atom. The summed E-state index contributed by atoms with van der Waals surface area (Å²) in [6.45, 7) is 3.87. The minimum atomic E-state index is -0.989. The Balaban J connectivity index is 2.49. The van der Waals surface area contributed by atoms with Crippen molar-refractivity contribution in [3.8, 4) is 0 Å². The van der Waals surface area contributed by atoms with Crippen LogP contribution in [-0.2, 0) is 11.2 Å². The van der Waals surface area contributed by atoms with Crippen LogP contribution in [0.3, 0.4) is 0 Å². The molecule has 1 aromatic carbocycles. The van der Waals surface area contributed by atoms with Crippen LogP contribution >= 0.6 is 0 Å². The summed E-state index contributed by atoms with van der Waals surface area (Å²) < 4.78 is 0. The number of amides is 1. The third-order valence-electron chi connectivity index (χ3n) is 3.32. The van der Waals surface area contributed by atoms with Gasteiger partial charge in [0.15, 0.2) is 0 Å². The Labute approximate surface area is 125 Å². The highest BCUT2D eigenvalue weighted by molar-refractivity contribution is 5.89. The summed E-state index contributed by atoms with van der Waals surface area (Å²) in [4.78, 5) is 22.8. The molecule has 0 heterocycles. The number of aliphatic hydroxyl groups is 1. The monoisotopic (exact) mass is 293 g/mol. The Morgan fingerprint density at radius 2 is 1.95 bits per heavy atom. The zero-order chi connectivity index (χ0) is 15.9. The largest absolute Gasteiger partial charge is 0.478 e. The first kappa shape index (κ1) is 17.2. The van der Waals surface area contributed by atoms with Gasteiger partial charge in [-0.05, 0) is 31.4 Å². The Hall–Kier alpha value is -1.88. The van der Waals surface area contributed by atoms with Crippen LogP contribution < -0.4 is 5.32 Å². The molecule has 0 bridgehead atoms. The van der Waals surface area contributed by atoms with E-state index in [9.17, 15) is 14.7 Å². The van der Waals surface area contributed by atoms with Crippen molar-refractivity contribution >= 4 is 11.9 Å². The normalized spacial score (nSPS) is 13.5. The average molecular weight is 293 g/mol. The molecule has 0 saturated carbocycles. The zero-order valence-electron chi connectivity index (χ0n) is 12.6. The van der Waals surface area contributed by atoms with Gasteiger partial charge in [-0.1, -0.05) is 31.5 Å². The fourth-order valence-corrected chi connectivity index (χ4v) is 2.20. The van der Waals surface area contributed by atoms with Gasteiger partial charge in [-0.15, -0.1) is 0 Å². The molecule has 0 aliphatic rings. The summed E-state index contributed by atoms with van der Waals surface area (Å²) >= 11 is 0. The first-order chi connectivity index (χ1) is 9.85. The van der Waals surface area contributed by atoms with Crippen molar-refractivity contribution in [2.75, 3.05) is 6.54 Å². The second-order valence-electron chi connectivity index (χ2n) is 5.49. The van der Waals surface area contributed by atoms with Crippen LogP contribution in [0.25, 0.3) is 0 Å². The summed E-state index contributed by atoms with van der Waals surface area (Å²) in [5.74, 6) is -1.18. The maximum atomic E-state index is 11.8. The van der Waals surface area contributed by atoms with Crippen molar-refractivity contribution in [3.05, 3.63) is 35.4 Å². The third kappa shape index (κ3) is 5.95. The van der Waals surface area contributed by atoms with E-state index in [0.29, 0.717) is 18.4 Å². The van der Waals surface area contributed by atoms with Crippen LogP contribution in [-0.4, -0.2) is 34.2 Å². The molecule has 0 aliphatic heterocycles. The first-order valence-corrected chi connectivity index (χ1v) is 7.16. The van der Waals surface area contributed by atoms with Gasteiger partial charge in [-0.25, -0.2) is 4.79 Å². The standard InChI is InChI=1S/C16H23NO4/c1-3-10-16(2,21)11-17-14(18)9-8-12-6-4-5-7-13(12)15(19)20/h4-7,21H,3,8-11H2,1-2H3,(H,17,18)(H,19,20). The number of aromatic carboxylic acids is 1. The van der Waals surface area contributed by atoms with E-state index < -0.39 is 11.6 Å². The molecule has 5 nitrogen and oxygen atoms in total. The van der Waals surface area contributed by atoms with E-state index in [1.54, 1.807) is 25.1 Å². The number of nitrogens with one attached hydrogen (secondary N) is 1. The summed E-state index contributed by atoms with van der Waals surface area (Å²) in [5, 5.41) is 21.7. The lowest BCUT2D eigenvalue weighted by atomic mass is 10.0. The molecule has 1 aromatic rings. The van der Waals surface area contributed by atoms with E-state index in [-0.39, 0.29) is 24.4 Å². The lowest BCUT2D eigenvalue weighted by molar-refractivity contribution is -0.122. The van der Waals surface area contributed by atoms with Crippen LogP contribution in [0.4, 0.5) is 0 Å². The van der Waals surface area contributed by atoms with Gasteiger partial charge in [0.05, 0.1) is 11.2 Å². The minimum absolute atomic E-state index is 0.188. The second-order valence-corrected chi connectivity index (χ2v) is 5.49. The van der Waals surface area contributed by atoms with E-state index in [1.807, 2.05) is 6.92 Å². The van der Waals surface area contributed by atoms with Crippen LogP contribution in [0.15, 0.2) is 24.3 Å². The average Bonchev–Trinajstić information content (AvgIpc) is 2.43. The molecule has 1 unspecified atom stereocenters. The minimum Gasteiger partial charge on any atom is -0.478 e. The van der Waals surface area contributed by atoms with Crippen LogP contribution in [0.1, 0.15) is 49.0 Å². The predicted octanol–water partition coefficient (Wildman–Crippen LogP) is 1.98. The lowest BCUT2D eigenvalue weighted by Gasteiger charge is -2.22. The fourth-order valence-electron chi connectivity index (χ4n) is 2.20. The van der Waals surface area contributed by atoms with Crippen LogP contribution in [0.2, 0.25) is 0 Å². The van der Waals surface area contributed by atoms with Gasteiger partial charge >= 0.3 is 5.97 Å². The quantitative estimate of drug-likeness (QED) is 0.684. The number of carboxylic acids is 1. The number of carbonyl (C=O) groups excluding carboxylic acids is 1. The van der Waals surface area contributed by atoms with Gasteiger partial charge in [-0.2, -0.15) is 0 Å². The smallest absolute Gasteiger partial charge is 0.335 e. The number of carbonyl (C=O) groups is 2. The first-order valence-electron chi connectivity index (χ1n) is 7.16. The molecule has 1 rings (SSSR count). The number of carboxylic acid groups (broad SMARTS) is 1. The topological polar surface area (TPSA) is 86.6 Å². The van der Waals surface area contributed by atoms with Crippen molar-refractivity contribution in [1.29, 1.82) is 0 Å². The highest BCUT2D eigenvalue weighted by Gasteiger charge is 2.19. The number of hydrogen-bond acceptors (Lipinski definition) is 3. The van der Waals surface area contributed by atoms with E-state index in [4.69, 9.17) is 5.11 Å². The van der Waals surface area contributed by atoms with Gasteiger partial charge < -0.3 is 15.5 Å². The Kier molecular flexibility index (Phi) is 6.37. The molecule has 3 N–H and O–H groups in total. The summed E-state index contributed by atoms with van der Waals surface area (Å²) in [6.07, 6.45) is 2.03. The molecule has 0 spiro atoms. The number of benzene rings is 1. The van der Waals surface area contributed by atoms with E-state index in [1.165, 1.54) is 6.07 Å². The number of rotatable bonds is 8. The fraction of sp³-hybridized carbons (Fsp3) is 0.500. The van der Waals surface area contributed by atoms with Crippen molar-refractivity contribution in [1.82, 2.24) is 5.32 Å². The highest BCUT2D eigenvalue weighted by Crippen LogP contribution is 2.12. The molecule has 1 atom stereocenters. The molecule has 1 amide bonds. The van der Waals surface area contributed by atoms with Crippen molar-refractivity contribution in [2.45, 2.75) is 45.1 Å². The molecule has 116 valence electrons. The Bertz CT molecular complexity index is 497. The molecule has 21 heavy (non-hydrogen) atoms. The molecular weight excluding hydrogens is 270 g/mol. The predicted molar refractivity (Wildman–Crippen MR) is 80.3 cm³/mol. The van der Waals surface area contributed by atoms with Gasteiger partial charge in [0.25, 0.3) is 0 Å². The van der Waals surface area contributed by atoms with E-state index >= 15 is 0 Å². The summed E-state index contributed by atoms with van der Waals surface area (Å²) in [5.41, 5.74) is -0.0348.